The average Bonchev–Trinajstić information content (AvgIpc) is 3.31. The molecule has 0 saturated carbocycles. The Labute approximate surface area is 185 Å². The molecule has 0 bridgehead atoms. The summed E-state index contributed by atoms with van der Waals surface area (Å²) in [4.78, 5) is 29.5. The van der Waals surface area contributed by atoms with Crippen molar-refractivity contribution in [1.82, 2.24) is 19.9 Å². The van der Waals surface area contributed by atoms with Crippen molar-refractivity contribution in [2.24, 2.45) is 0 Å². The van der Waals surface area contributed by atoms with Gasteiger partial charge in [0.25, 0.3) is 0 Å². The lowest BCUT2D eigenvalue weighted by molar-refractivity contribution is -0.126. The lowest BCUT2D eigenvalue weighted by Crippen LogP contribution is -2.48. The maximum absolute atomic E-state index is 12.6. The van der Waals surface area contributed by atoms with Crippen LogP contribution in [-0.2, 0) is 4.79 Å². The summed E-state index contributed by atoms with van der Waals surface area (Å²) >= 11 is 0. The Hall–Kier alpha value is -4.14. The van der Waals surface area contributed by atoms with Gasteiger partial charge in [0.15, 0.2) is 11.5 Å². The SMILES string of the molecule is O=C(/C=C/c1ccc2c(c1)OCO2)N1CCN(c2cc(Nc3ccccn3)ncn2)CC1. The van der Waals surface area contributed by atoms with E-state index in [0.717, 1.165) is 22.9 Å². The Balaban J connectivity index is 1.17. The Morgan fingerprint density at radius 2 is 1.81 bits per heavy atom. The summed E-state index contributed by atoms with van der Waals surface area (Å²) in [5.74, 6) is 3.65. The zero-order valence-electron chi connectivity index (χ0n) is 17.3. The van der Waals surface area contributed by atoms with Crippen molar-refractivity contribution in [1.29, 1.82) is 0 Å². The van der Waals surface area contributed by atoms with Crippen molar-refractivity contribution in [3.05, 3.63) is 66.6 Å². The normalized spacial score (nSPS) is 15.2. The highest BCUT2D eigenvalue weighted by Gasteiger charge is 2.21. The van der Waals surface area contributed by atoms with E-state index in [0.29, 0.717) is 37.7 Å². The first kappa shape index (κ1) is 19.8. The van der Waals surface area contributed by atoms with E-state index in [9.17, 15) is 4.79 Å². The first-order chi connectivity index (χ1) is 15.7. The molecule has 2 aliphatic rings. The molecule has 1 fully saturated rings. The van der Waals surface area contributed by atoms with Gasteiger partial charge in [-0.3, -0.25) is 4.79 Å². The molecule has 1 amide bonds. The molecule has 1 saturated heterocycles. The molecule has 9 nitrogen and oxygen atoms in total. The lowest BCUT2D eigenvalue weighted by atomic mass is 10.2. The molecule has 2 aliphatic heterocycles. The van der Waals surface area contributed by atoms with Gasteiger partial charge >= 0.3 is 0 Å². The van der Waals surface area contributed by atoms with Crippen LogP contribution in [0, 0.1) is 0 Å². The summed E-state index contributed by atoms with van der Waals surface area (Å²) in [5.41, 5.74) is 0.898. The highest BCUT2D eigenvalue weighted by Crippen LogP contribution is 2.32. The fraction of sp³-hybridized carbons (Fsp3) is 0.217. The van der Waals surface area contributed by atoms with Crippen molar-refractivity contribution in [3.8, 4) is 11.5 Å². The topological polar surface area (TPSA) is 92.7 Å². The molecule has 0 unspecified atom stereocenters. The smallest absolute Gasteiger partial charge is 0.246 e. The number of nitrogens with zero attached hydrogens (tertiary/aromatic N) is 5. The van der Waals surface area contributed by atoms with Crippen molar-refractivity contribution < 1.29 is 14.3 Å². The van der Waals surface area contributed by atoms with E-state index in [2.05, 4.69) is 25.2 Å². The monoisotopic (exact) mass is 430 g/mol. The third kappa shape index (κ3) is 4.46. The number of pyridine rings is 1. The standard InChI is InChI=1S/C23H22N6O3/c30-23(7-5-17-4-6-18-19(13-17)32-16-31-18)29-11-9-28(10-12-29)22-14-21(25-15-26-22)27-20-3-1-2-8-24-20/h1-8,13-15H,9-12,16H2,(H,24,25,26,27)/b7-5+. The molecule has 32 heavy (non-hydrogen) atoms. The molecule has 5 rings (SSSR count). The number of amides is 1. The molecule has 4 heterocycles. The van der Waals surface area contributed by atoms with E-state index < -0.39 is 0 Å². The summed E-state index contributed by atoms with van der Waals surface area (Å²) in [7, 11) is 0. The second kappa shape index (κ2) is 8.93. The molecule has 9 heteroatoms. The van der Waals surface area contributed by atoms with Crippen LogP contribution in [0.4, 0.5) is 17.5 Å². The molecule has 3 aromatic rings. The Kier molecular flexibility index (Phi) is 5.52. The van der Waals surface area contributed by atoms with Gasteiger partial charge in [-0.25, -0.2) is 15.0 Å². The third-order valence-electron chi connectivity index (χ3n) is 5.30. The Morgan fingerprint density at radius 1 is 0.938 bits per heavy atom. The minimum absolute atomic E-state index is 0.0116. The summed E-state index contributed by atoms with van der Waals surface area (Å²) in [5, 5.41) is 3.18. The maximum atomic E-state index is 12.6. The number of rotatable bonds is 5. The molecular formula is C23H22N6O3. The van der Waals surface area contributed by atoms with Crippen molar-refractivity contribution in [2.75, 3.05) is 43.2 Å². The largest absolute Gasteiger partial charge is 0.454 e. The van der Waals surface area contributed by atoms with Gasteiger partial charge in [-0.2, -0.15) is 0 Å². The highest BCUT2D eigenvalue weighted by molar-refractivity contribution is 5.92. The minimum Gasteiger partial charge on any atom is -0.454 e. The van der Waals surface area contributed by atoms with Gasteiger partial charge in [0.05, 0.1) is 0 Å². The summed E-state index contributed by atoms with van der Waals surface area (Å²) in [6, 6.07) is 13.2. The van der Waals surface area contributed by atoms with E-state index in [1.807, 2.05) is 47.4 Å². The zero-order valence-corrected chi connectivity index (χ0v) is 17.3. The van der Waals surface area contributed by atoms with E-state index in [4.69, 9.17) is 9.47 Å². The quantitative estimate of drug-likeness (QED) is 0.618. The van der Waals surface area contributed by atoms with Crippen LogP contribution < -0.4 is 19.7 Å². The number of carbonyl (C=O) groups excluding carboxylic acids is 1. The summed E-state index contributed by atoms with van der Waals surface area (Å²) in [6.07, 6.45) is 6.66. The van der Waals surface area contributed by atoms with Crippen LogP contribution in [0.25, 0.3) is 6.08 Å². The molecule has 0 radical (unpaired) electrons. The predicted molar refractivity (Wildman–Crippen MR) is 120 cm³/mol. The van der Waals surface area contributed by atoms with Crippen molar-refractivity contribution in [3.63, 3.8) is 0 Å². The van der Waals surface area contributed by atoms with Gasteiger partial charge in [0.1, 0.15) is 23.8 Å². The van der Waals surface area contributed by atoms with Crippen LogP contribution in [-0.4, -0.2) is 58.7 Å². The lowest BCUT2D eigenvalue weighted by Gasteiger charge is -2.35. The summed E-state index contributed by atoms with van der Waals surface area (Å²) < 4.78 is 10.7. The number of piperazine rings is 1. The number of hydrogen-bond donors (Lipinski definition) is 1. The number of hydrogen-bond acceptors (Lipinski definition) is 8. The molecular weight excluding hydrogens is 408 g/mol. The van der Waals surface area contributed by atoms with Gasteiger partial charge in [-0.15, -0.1) is 0 Å². The number of benzene rings is 1. The van der Waals surface area contributed by atoms with E-state index in [1.165, 1.54) is 6.33 Å². The molecule has 1 N–H and O–H groups in total. The fourth-order valence-corrected chi connectivity index (χ4v) is 3.60. The summed E-state index contributed by atoms with van der Waals surface area (Å²) in [6.45, 7) is 2.88. The van der Waals surface area contributed by atoms with Crippen molar-refractivity contribution in [2.45, 2.75) is 0 Å². The van der Waals surface area contributed by atoms with Gasteiger partial charge < -0.3 is 24.6 Å². The second-order valence-electron chi connectivity index (χ2n) is 7.36. The van der Waals surface area contributed by atoms with Gasteiger partial charge in [-0.05, 0) is 35.9 Å². The minimum atomic E-state index is -0.0116. The van der Waals surface area contributed by atoms with Crippen LogP contribution in [0.1, 0.15) is 5.56 Å². The van der Waals surface area contributed by atoms with Gasteiger partial charge in [0, 0.05) is 44.5 Å². The first-order valence-corrected chi connectivity index (χ1v) is 10.4. The van der Waals surface area contributed by atoms with E-state index in [-0.39, 0.29) is 12.7 Å². The third-order valence-corrected chi connectivity index (χ3v) is 5.30. The highest BCUT2D eigenvalue weighted by atomic mass is 16.7. The maximum Gasteiger partial charge on any atom is 0.246 e. The van der Waals surface area contributed by atoms with Crippen LogP contribution in [0.15, 0.2) is 61.1 Å². The van der Waals surface area contributed by atoms with Gasteiger partial charge in [-0.1, -0.05) is 12.1 Å². The Bertz CT molecular complexity index is 1130. The molecule has 0 atom stereocenters. The molecule has 0 spiro atoms. The number of anilines is 3. The number of carbonyl (C=O) groups is 1. The first-order valence-electron chi connectivity index (χ1n) is 10.4. The zero-order chi connectivity index (χ0) is 21.8. The molecule has 0 aliphatic carbocycles. The van der Waals surface area contributed by atoms with Crippen LogP contribution >= 0.6 is 0 Å². The van der Waals surface area contributed by atoms with E-state index in [1.54, 1.807) is 18.3 Å². The van der Waals surface area contributed by atoms with E-state index >= 15 is 0 Å². The van der Waals surface area contributed by atoms with Crippen LogP contribution in [0.5, 0.6) is 11.5 Å². The number of nitrogens with one attached hydrogen (secondary N) is 1. The predicted octanol–water partition coefficient (Wildman–Crippen LogP) is 2.71. The molecule has 2 aromatic heterocycles. The number of ether oxygens (including phenoxy) is 2. The number of aromatic nitrogens is 3. The second-order valence-corrected chi connectivity index (χ2v) is 7.36. The van der Waals surface area contributed by atoms with Crippen LogP contribution in [0.3, 0.4) is 0 Å². The Morgan fingerprint density at radius 3 is 2.66 bits per heavy atom. The van der Waals surface area contributed by atoms with Crippen LogP contribution in [0.2, 0.25) is 0 Å². The fourth-order valence-electron chi connectivity index (χ4n) is 3.60. The molecule has 1 aromatic carbocycles. The average molecular weight is 430 g/mol. The molecule has 162 valence electrons. The van der Waals surface area contributed by atoms with Gasteiger partial charge in [0.2, 0.25) is 12.7 Å². The number of fused-ring (bicyclic) bond motifs is 1. The van der Waals surface area contributed by atoms with Crippen molar-refractivity contribution >= 4 is 29.4 Å².